The zero-order valence-corrected chi connectivity index (χ0v) is 15.7. The van der Waals surface area contributed by atoms with Gasteiger partial charge in [-0.2, -0.15) is 0 Å². The van der Waals surface area contributed by atoms with Crippen molar-refractivity contribution in [3.8, 4) is 5.75 Å². The van der Waals surface area contributed by atoms with Crippen LogP contribution >= 0.6 is 11.8 Å². The van der Waals surface area contributed by atoms with Crippen LogP contribution in [0.3, 0.4) is 0 Å². The van der Waals surface area contributed by atoms with Gasteiger partial charge in [-0.25, -0.2) is 4.99 Å². The second-order valence-electron chi connectivity index (χ2n) is 5.96. The topological polar surface area (TPSA) is 63.6 Å². The quantitative estimate of drug-likeness (QED) is 0.652. The zero-order valence-electron chi connectivity index (χ0n) is 14.9. The first-order chi connectivity index (χ1) is 13.8. The number of amides is 1. The minimum Gasteiger partial charge on any atom is -0.487 e. The van der Waals surface area contributed by atoms with Gasteiger partial charge in [0.1, 0.15) is 12.4 Å². The fourth-order valence-electron chi connectivity index (χ4n) is 2.61. The molecule has 0 spiro atoms. The van der Waals surface area contributed by atoms with E-state index in [9.17, 15) is 4.79 Å². The van der Waals surface area contributed by atoms with Gasteiger partial charge in [0.05, 0.1) is 16.3 Å². The monoisotopic (exact) mass is 387 g/mol. The molecule has 0 saturated carbocycles. The molecule has 1 N–H and O–H groups in total. The summed E-state index contributed by atoms with van der Waals surface area (Å²) in [5.74, 6) is 0.529. The number of rotatable bonds is 5. The highest BCUT2D eigenvalue weighted by atomic mass is 32.2. The van der Waals surface area contributed by atoms with Crippen molar-refractivity contribution < 1.29 is 9.53 Å². The summed E-state index contributed by atoms with van der Waals surface area (Å²) in [4.78, 5) is 21.6. The minimum absolute atomic E-state index is 0.167. The Kier molecular flexibility index (Phi) is 5.49. The van der Waals surface area contributed by atoms with Crippen LogP contribution in [0, 0.1) is 0 Å². The van der Waals surface area contributed by atoms with E-state index in [-0.39, 0.29) is 5.91 Å². The molecule has 4 rings (SSSR count). The van der Waals surface area contributed by atoms with E-state index in [1.807, 2.05) is 78.9 Å². The SMILES string of the molecule is O=C1NC(=Nc2ccccc2)S/C1=C\c1ccccc1OCc1ccccn1. The zero-order chi connectivity index (χ0) is 19.2. The summed E-state index contributed by atoms with van der Waals surface area (Å²) in [6.45, 7) is 0.362. The Bertz CT molecular complexity index is 1030. The number of carbonyl (C=O) groups is 1. The molecule has 6 heteroatoms. The van der Waals surface area contributed by atoms with Crippen LogP contribution in [0.2, 0.25) is 0 Å². The van der Waals surface area contributed by atoms with Crippen molar-refractivity contribution in [3.05, 3.63) is 95.2 Å². The minimum atomic E-state index is -0.167. The lowest BCUT2D eigenvalue weighted by Crippen LogP contribution is -2.19. The first-order valence-corrected chi connectivity index (χ1v) is 9.56. The van der Waals surface area contributed by atoms with E-state index in [2.05, 4.69) is 15.3 Å². The summed E-state index contributed by atoms with van der Waals surface area (Å²) >= 11 is 1.31. The number of nitrogens with zero attached hydrogens (tertiary/aromatic N) is 2. The van der Waals surface area contributed by atoms with E-state index < -0.39 is 0 Å². The maximum absolute atomic E-state index is 12.3. The fraction of sp³-hybridized carbons (Fsp3) is 0.0455. The molecule has 2 heterocycles. The van der Waals surface area contributed by atoms with E-state index >= 15 is 0 Å². The molecule has 0 aliphatic carbocycles. The van der Waals surface area contributed by atoms with Gasteiger partial charge in [-0.15, -0.1) is 0 Å². The van der Waals surface area contributed by atoms with Gasteiger partial charge >= 0.3 is 0 Å². The molecular weight excluding hydrogens is 370 g/mol. The van der Waals surface area contributed by atoms with Crippen LogP contribution in [-0.4, -0.2) is 16.1 Å². The number of nitrogens with one attached hydrogen (secondary N) is 1. The van der Waals surface area contributed by atoms with Crippen LogP contribution in [0.15, 0.2) is 88.9 Å². The van der Waals surface area contributed by atoms with Crippen molar-refractivity contribution in [1.29, 1.82) is 0 Å². The molecule has 0 atom stereocenters. The predicted octanol–water partition coefficient (Wildman–Crippen LogP) is 4.55. The van der Waals surface area contributed by atoms with Gasteiger partial charge in [0.15, 0.2) is 5.17 Å². The van der Waals surface area contributed by atoms with Crippen LogP contribution in [0.4, 0.5) is 5.69 Å². The Morgan fingerprint density at radius 1 is 1.00 bits per heavy atom. The van der Waals surface area contributed by atoms with Gasteiger partial charge in [-0.1, -0.05) is 42.5 Å². The first kappa shape index (κ1) is 18.0. The third-order valence-electron chi connectivity index (χ3n) is 3.95. The van der Waals surface area contributed by atoms with Gasteiger partial charge in [0, 0.05) is 11.8 Å². The molecule has 138 valence electrons. The van der Waals surface area contributed by atoms with E-state index in [1.54, 1.807) is 6.20 Å². The van der Waals surface area contributed by atoms with Crippen molar-refractivity contribution >= 4 is 34.6 Å². The van der Waals surface area contributed by atoms with E-state index in [4.69, 9.17) is 4.74 Å². The molecule has 1 fully saturated rings. The predicted molar refractivity (Wildman–Crippen MR) is 112 cm³/mol. The Morgan fingerprint density at radius 3 is 2.61 bits per heavy atom. The van der Waals surface area contributed by atoms with Crippen LogP contribution in [0.25, 0.3) is 6.08 Å². The number of carbonyl (C=O) groups excluding carboxylic acids is 1. The molecule has 1 amide bonds. The summed E-state index contributed by atoms with van der Waals surface area (Å²) < 4.78 is 5.91. The molecule has 0 unspecified atom stereocenters. The van der Waals surface area contributed by atoms with Gasteiger partial charge in [0.2, 0.25) is 0 Å². The largest absolute Gasteiger partial charge is 0.487 e. The maximum atomic E-state index is 12.3. The highest BCUT2D eigenvalue weighted by molar-refractivity contribution is 8.18. The number of hydrogen-bond donors (Lipinski definition) is 1. The number of para-hydroxylation sites is 2. The molecular formula is C22H17N3O2S. The molecule has 1 aliphatic heterocycles. The molecule has 5 nitrogen and oxygen atoms in total. The highest BCUT2D eigenvalue weighted by Gasteiger charge is 2.24. The number of ether oxygens (including phenoxy) is 1. The van der Waals surface area contributed by atoms with Crippen molar-refractivity contribution in [1.82, 2.24) is 10.3 Å². The number of hydrogen-bond acceptors (Lipinski definition) is 5. The summed E-state index contributed by atoms with van der Waals surface area (Å²) in [6, 6.07) is 22.8. The normalized spacial score (nSPS) is 16.4. The summed E-state index contributed by atoms with van der Waals surface area (Å²) in [6.07, 6.45) is 3.56. The van der Waals surface area contributed by atoms with Crippen molar-refractivity contribution in [2.75, 3.05) is 0 Å². The Hall–Kier alpha value is -3.38. The summed E-state index contributed by atoms with van der Waals surface area (Å²) in [5.41, 5.74) is 2.47. The number of thioether (sulfide) groups is 1. The van der Waals surface area contributed by atoms with Crippen LogP contribution < -0.4 is 10.1 Å². The van der Waals surface area contributed by atoms with Crippen LogP contribution in [0.5, 0.6) is 5.75 Å². The van der Waals surface area contributed by atoms with Crippen molar-refractivity contribution in [2.24, 2.45) is 4.99 Å². The third-order valence-corrected chi connectivity index (χ3v) is 4.85. The molecule has 1 saturated heterocycles. The Morgan fingerprint density at radius 2 is 1.79 bits per heavy atom. The van der Waals surface area contributed by atoms with Crippen molar-refractivity contribution in [3.63, 3.8) is 0 Å². The average molecular weight is 387 g/mol. The molecule has 1 aliphatic rings. The number of pyridine rings is 1. The average Bonchev–Trinajstić information content (AvgIpc) is 3.07. The summed E-state index contributed by atoms with van der Waals surface area (Å²) in [7, 11) is 0. The fourth-order valence-corrected chi connectivity index (χ4v) is 3.44. The third kappa shape index (κ3) is 4.47. The second-order valence-corrected chi connectivity index (χ2v) is 7.00. The molecule has 1 aromatic heterocycles. The maximum Gasteiger partial charge on any atom is 0.264 e. The lowest BCUT2D eigenvalue weighted by molar-refractivity contribution is -0.115. The van der Waals surface area contributed by atoms with Crippen LogP contribution in [0.1, 0.15) is 11.3 Å². The molecule has 0 radical (unpaired) electrons. The standard InChI is InChI=1S/C22H17N3O2S/c26-21-20(28-22(25-21)24-17-9-2-1-3-10-17)14-16-8-4-5-12-19(16)27-15-18-11-6-7-13-23-18/h1-14H,15H2,(H,24,25,26)/b20-14-. The highest BCUT2D eigenvalue weighted by Crippen LogP contribution is 2.30. The number of benzene rings is 2. The molecule has 28 heavy (non-hydrogen) atoms. The molecule has 2 aromatic carbocycles. The van der Waals surface area contributed by atoms with Gasteiger partial charge in [-0.05, 0) is 48.2 Å². The van der Waals surface area contributed by atoms with E-state index in [1.165, 1.54) is 11.8 Å². The number of amidine groups is 1. The summed E-state index contributed by atoms with van der Waals surface area (Å²) in [5, 5.41) is 3.37. The first-order valence-electron chi connectivity index (χ1n) is 8.74. The van der Waals surface area contributed by atoms with Gasteiger partial charge in [-0.3, -0.25) is 9.78 Å². The van der Waals surface area contributed by atoms with Crippen molar-refractivity contribution in [2.45, 2.75) is 6.61 Å². The molecule has 3 aromatic rings. The number of aliphatic imine (C=N–C) groups is 1. The van der Waals surface area contributed by atoms with E-state index in [0.717, 1.165) is 16.9 Å². The Labute approximate surface area is 167 Å². The van der Waals surface area contributed by atoms with Crippen LogP contribution in [-0.2, 0) is 11.4 Å². The van der Waals surface area contributed by atoms with E-state index in [0.29, 0.717) is 22.4 Å². The smallest absolute Gasteiger partial charge is 0.264 e. The molecule has 0 bridgehead atoms. The van der Waals surface area contributed by atoms with Gasteiger partial charge < -0.3 is 10.1 Å². The second kappa shape index (κ2) is 8.54. The Balaban J connectivity index is 1.52. The van der Waals surface area contributed by atoms with Gasteiger partial charge in [0.25, 0.3) is 5.91 Å². The lowest BCUT2D eigenvalue weighted by Gasteiger charge is -2.09. The number of aromatic nitrogens is 1. The lowest BCUT2D eigenvalue weighted by atomic mass is 10.2.